The summed E-state index contributed by atoms with van der Waals surface area (Å²) in [5.41, 5.74) is 5.51. The molecule has 2 N–H and O–H groups in total. The number of ether oxygens (including phenoxy) is 1. The van der Waals surface area contributed by atoms with Gasteiger partial charge >= 0.3 is 5.97 Å². The number of halogens is 1. The molecule has 11 heavy (non-hydrogen) atoms. The molecule has 0 bridgehead atoms. The molecule has 2 atom stereocenters. The van der Waals surface area contributed by atoms with Crippen LogP contribution in [0, 0.1) is 5.92 Å². The molecule has 68 valence electrons. The quantitative estimate of drug-likeness (QED) is 0.660. The third-order valence-corrected chi connectivity index (χ3v) is 1.73. The van der Waals surface area contributed by atoms with Crippen LogP contribution in [-0.2, 0) is 9.53 Å². The van der Waals surface area contributed by atoms with Crippen molar-refractivity contribution in [2.75, 3.05) is 7.11 Å². The second-order valence-corrected chi connectivity index (χ2v) is 2.43. The van der Waals surface area contributed by atoms with Crippen molar-refractivity contribution in [1.29, 1.82) is 0 Å². The average molecular weight is 182 g/mol. The van der Waals surface area contributed by atoms with Crippen molar-refractivity contribution in [3.05, 3.63) is 0 Å². The second kappa shape index (κ2) is 6.43. The van der Waals surface area contributed by atoms with E-state index in [9.17, 15) is 4.79 Å². The van der Waals surface area contributed by atoms with E-state index in [4.69, 9.17) is 5.73 Å². The minimum atomic E-state index is -0.463. The van der Waals surface area contributed by atoms with E-state index >= 15 is 0 Å². The van der Waals surface area contributed by atoms with Crippen LogP contribution in [0.4, 0.5) is 0 Å². The first kappa shape index (κ1) is 13.3. The van der Waals surface area contributed by atoms with E-state index in [0.29, 0.717) is 0 Å². The summed E-state index contributed by atoms with van der Waals surface area (Å²) in [6.07, 6.45) is 0.899. The van der Waals surface area contributed by atoms with Crippen molar-refractivity contribution in [3.63, 3.8) is 0 Å². The summed E-state index contributed by atoms with van der Waals surface area (Å²) in [5, 5.41) is 0. The number of carbonyl (C=O) groups is 1. The van der Waals surface area contributed by atoms with Gasteiger partial charge in [-0.2, -0.15) is 0 Å². The lowest BCUT2D eigenvalue weighted by atomic mass is 10.0. The fourth-order valence-electron chi connectivity index (χ4n) is 0.622. The topological polar surface area (TPSA) is 52.3 Å². The highest BCUT2D eigenvalue weighted by Crippen LogP contribution is 2.05. The molecular formula is C7H16ClNO2. The van der Waals surface area contributed by atoms with Gasteiger partial charge < -0.3 is 10.5 Å². The maximum absolute atomic E-state index is 10.8. The lowest BCUT2D eigenvalue weighted by molar-refractivity contribution is -0.143. The molecule has 0 radical (unpaired) electrons. The van der Waals surface area contributed by atoms with Gasteiger partial charge in [-0.15, -0.1) is 12.4 Å². The van der Waals surface area contributed by atoms with Crippen molar-refractivity contribution in [2.45, 2.75) is 26.3 Å². The summed E-state index contributed by atoms with van der Waals surface area (Å²) in [4.78, 5) is 10.8. The van der Waals surface area contributed by atoms with Crippen LogP contribution in [0.2, 0.25) is 0 Å². The molecule has 0 rings (SSSR count). The predicted molar refractivity (Wildman–Crippen MR) is 46.7 cm³/mol. The minimum Gasteiger partial charge on any atom is -0.468 e. The Kier molecular flexibility index (Phi) is 7.79. The van der Waals surface area contributed by atoms with Gasteiger partial charge in [-0.05, 0) is 5.92 Å². The van der Waals surface area contributed by atoms with Crippen molar-refractivity contribution in [2.24, 2.45) is 11.7 Å². The van der Waals surface area contributed by atoms with Crippen LogP contribution in [0.25, 0.3) is 0 Å². The number of nitrogens with two attached hydrogens (primary N) is 1. The summed E-state index contributed by atoms with van der Waals surface area (Å²) in [6.45, 7) is 3.93. The SMILES string of the molecule is CCC(C)[C@@H](N)C(=O)OC.Cl. The monoisotopic (exact) mass is 181 g/mol. The highest BCUT2D eigenvalue weighted by Gasteiger charge is 2.19. The van der Waals surface area contributed by atoms with Gasteiger partial charge in [0.25, 0.3) is 0 Å². The third kappa shape index (κ3) is 4.22. The first-order chi connectivity index (χ1) is 4.63. The first-order valence-electron chi connectivity index (χ1n) is 3.46. The maximum Gasteiger partial charge on any atom is 0.322 e. The summed E-state index contributed by atoms with van der Waals surface area (Å²) in [7, 11) is 1.35. The number of hydrogen-bond donors (Lipinski definition) is 1. The van der Waals surface area contributed by atoms with Gasteiger partial charge in [0.15, 0.2) is 0 Å². The summed E-state index contributed by atoms with van der Waals surface area (Å²) < 4.78 is 4.47. The van der Waals surface area contributed by atoms with E-state index in [0.717, 1.165) is 6.42 Å². The molecule has 0 saturated heterocycles. The smallest absolute Gasteiger partial charge is 0.322 e. The number of methoxy groups -OCH3 is 1. The molecule has 0 aliphatic heterocycles. The van der Waals surface area contributed by atoms with Crippen molar-refractivity contribution in [3.8, 4) is 0 Å². The Morgan fingerprint density at radius 1 is 1.64 bits per heavy atom. The van der Waals surface area contributed by atoms with Crippen molar-refractivity contribution < 1.29 is 9.53 Å². The Balaban J connectivity index is 0. The zero-order valence-electron chi connectivity index (χ0n) is 7.16. The molecular weight excluding hydrogens is 166 g/mol. The summed E-state index contributed by atoms with van der Waals surface area (Å²) in [5.74, 6) is -0.123. The maximum atomic E-state index is 10.8. The first-order valence-corrected chi connectivity index (χ1v) is 3.46. The van der Waals surface area contributed by atoms with E-state index in [2.05, 4.69) is 4.74 Å². The van der Waals surface area contributed by atoms with E-state index in [1.54, 1.807) is 0 Å². The Morgan fingerprint density at radius 3 is 2.36 bits per heavy atom. The third-order valence-electron chi connectivity index (χ3n) is 1.73. The van der Waals surface area contributed by atoms with E-state index in [1.165, 1.54) is 7.11 Å². The largest absolute Gasteiger partial charge is 0.468 e. The Bertz CT molecular complexity index is 119. The minimum absolute atomic E-state index is 0. The molecule has 0 spiro atoms. The zero-order valence-corrected chi connectivity index (χ0v) is 7.98. The van der Waals surface area contributed by atoms with Crippen LogP contribution in [-0.4, -0.2) is 19.1 Å². The normalized spacial score (nSPS) is 14.5. The fraction of sp³-hybridized carbons (Fsp3) is 0.857. The number of esters is 1. The van der Waals surface area contributed by atoms with Crippen LogP contribution >= 0.6 is 12.4 Å². The van der Waals surface area contributed by atoms with Crippen LogP contribution in [0.3, 0.4) is 0 Å². The molecule has 0 aromatic carbocycles. The van der Waals surface area contributed by atoms with Gasteiger partial charge in [0.2, 0.25) is 0 Å². The molecule has 0 amide bonds. The highest BCUT2D eigenvalue weighted by atomic mass is 35.5. The van der Waals surface area contributed by atoms with E-state index in [1.807, 2.05) is 13.8 Å². The molecule has 1 unspecified atom stereocenters. The Morgan fingerprint density at radius 2 is 2.09 bits per heavy atom. The number of rotatable bonds is 3. The van der Waals surface area contributed by atoms with Gasteiger partial charge in [0.05, 0.1) is 7.11 Å². The molecule has 0 aliphatic carbocycles. The summed E-state index contributed by atoms with van der Waals surface area (Å²) in [6, 6.07) is -0.463. The Hall–Kier alpha value is -0.280. The van der Waals surface area contributed by atoms with Gasteiger partial charge in [-0.25, -0.2) is 0 Å². The molecule has 0 aromatic rings. The predicted octanol–water partition coefficient (Wildman–Crippen LogP) is 0.955. The van der Waals surface area contributed by atoms with Crippen LogP contribution in [0.5, 0.6) is 0 Å². The average Bonchev–Trinajstić information content (AvgIpc) is 2.00. The second-order valence-electron chi connectivity index (χ2n) is 2.43. The van der Waals surface area contributed by atoms with Gasteiger partial charge in [-0.3, -0.25) is 4.79 Å². The lowest BCUT2D eigenvalue weighted by Crippen LogP contribution is -2.37. The lowest BCUT2D eigenvalue weighted by Gasteiger charge is -2.14. The number of hydrogen-bond acceptors (Lipinski definition) is 3. The van der Waals surface area contributed by atoms with Gasteiger partial charge in [0, 0.05) is 0 Å². The van der Waals surface area contributed by atoms with Gasteiger partial charge in [-0.1, -0.05) is 20.3 Å². The number of carbonyl (C=O) groups excluding carboxylic acids is 1. The van der Waals surface area contributed by atoms with Crippen molar-refractivity contribution >= 4 is 18.4 Å². The molecule has 0 saturated carbocycles. The molecule has 0 heterocycles. The van der Waals surface area contributed by atoms with Gasteiger partial charge in [0.1, 0.15) is 6.04 Å². The molecule has 3 nitrogen and oxygen atoms in total. The van der Waals surface area contributed by atoms with Crippen LogP contribution in [0.15, 0.2) is 0 Å². The van der Waals surface area contributed by atoms with E-state index in [-0.39, 0.29) is 24.3 Å². The molecule has 0 aromatic heterocycles. The van der Waals surface area contributed by atoms with E-state index < -0.39 is 6.04 Å². The van der Waals surface area contributed by atoms with Crippen LogP contribution in [0.1, 0.15) is 20.3 Å². The van der Waals surface area contributed by atoms with Crippen molar-refractivity contribution in [1.82, 2.24) is 0 Å². The molecule has 0 aliphatic rings. The zero-order chi connectivity index (χ0) is 8.15. The Labute approximate surface area is 73.7 Å². The fourth-order valence-corrected chi connectivity index (χ4v) is 0.622. The molecule has 0 fully saturated rings. The summed E-state index contributed by atoms with van der Waals surface area (Å²) >= 11 is 0. The molecule has 4 heteroatoms. The highest BCUT2D eigenvalue weighted by molar-refractivity contribution is 5.85. The standard InChI is InChI=1S/C7H15NO2.ClH/c1-4-5(2)6(8)7(9)10-3;/h5-6H,4,8H2,1-3H3;1H/t5?,6-;/m1./s1. The van der Waals surface area contributed by atoms with Crippen LogP contribution < -0.4 is 5.73 Å².